The summed E-state index contributed by atoms with van der Waals surface area (Å²) in [6.45, 7) is 11.1. The van der Waals surface area contributed by atoms with Crippen LogP contribution in [0.25, 0.3) is 0 Å². The van der Waals surface area contributed by atoms with Gasteiger partial charge >= 0.3 is 23.9 Å². The van der Waals surface area contributed by atoms with Crippen LogP contribution in [0, 0.1) is 28.6 Å². The first-order chi connectivity index (χ1) is 16.6. The van der Waals surface area contributed by atoms with Crippen LogP contribution in [-0.4, -0.2) is 67.3 Å². The van der Waals surface area contributed by atoms with Gasteiger partial charge in [-0.2, -0.15) is 0 Å². The molecule has 2 saturated carbocycles. The second kappa shape index (κ2) is 9.76. The van der Waals surface area contributed by atoms with E-state index in [9.17, 15) is 24.0 Å². The number of esters is 4. The Morgan fingerprint density at radius 2 is 1.56 bits per heavy atom. The molecule has 1 aliphatic heterocycles. The average Bonchev–Trinajstić information content (AvgIpc) is 2.75. The molecule has 1 heterocycles. The van der Waals surface area contributed by atoms with Crippen LogP contribution < -0.4 is 0 Å². The number of hydrogen-bond acceptors (Lipinski definition) is 10. The molecule has 36 heavy (non-hydrogen) atoms. The fourth-order valence-corrected chi connectivity index (χ4v) is 7.37. The summed E-state index contributed by atoms with van der Waals surface area (Å²) in [6, 6.07) is 0. The van der Waals surface area contributed by atoms with Crippen molar-refractivity contribution >= 4 is 29.7 Å². The zero-order valence-corrected chi connectivity index (χ0v) is 22.4. The van der Waals surface area contributed by atoms with Gasteiger partial charge in [0, 0.05) is 26.2 Å². The number of rotatable bonds is 5. The predicted molar refractivity (Wildman–Crippen MR) is 124 cm³/mol. The Morgan fingerprint density at radius 3 is 2.08 bits per heavy atom. The smallest absolute Gasteiger partial charge is 0.318 e. The van der Waals surface area contributed by atoms with Crippen molar-refractivity contribution in [2.24, 2.45) is 28.6 Å². The van der Waals surface area contributed by atoms with Crippen molar-refractivity contribution in [2.45, 2.75) is 91.6 Å². The van der Waals surface area contributed by atoms with E-state index < -0.39 is 70.5 Å². The summed E-state index contributed by atoms with van der Waals surface area (Å²) in [5, 5.41) is 0. The number of ether oxygens (including phenoxy) is 5. The summed E-state index contributed by atoms with van der Waals surface area (Å²) in [4.78, 5) is 62.7. The summed E-state index contributed by atoms with van der Waals surface area (Å²) in [5.41, 5.74) is -2.84. The minimum atomic E-state index is -1.20. The topological polar surface area (TPSA) is 132 Å². The normalized spacial score (nSPS) is 41.8. The van der Waals surface area contributed by atoms with E-state index in [0.29, 0.717) is 19.3 Å². The molecule has 1 saturated heterocycles. The average molecular weight is 511 g/mol. The van der Waals surface area contributed by atoms with Gasteiger partial charge in [-0.15, -0.1) is 0 Å². The molecule has 10 heteroatoms. The third-order valence-electron chi connectivity index (χ3n) is 8.75. The van der Waals surface area contributed by atoms with E-state index in [-0.39, 0.29) is 18.3 Å². The quantitative estimate of drug-likeness (QED) is 0.308. The largest absolute Gasteiger partial charge is 0.468 e. The first-order valence-electron chi connectivity index (χ1n) is 12.4. The summed E-state index contributed by atoms with van der Waals surface area (Å²) in [5.74, 6) is -4.84. The van der Waals surface area contributed by atoms with Crippen molar-refractivity contribution in [3.8, 4) is 0 Å². The Morgan fingerprint density at radius 1 is 0.972 bits per heavy atom. The molecule has 0 bridgehead atoms. The van der Waals surface area contributed by atoms with Crippen LogP contribution in [0.2, 0.25) is 0 Å². The first kappa shape index (κ1) is 28.1. The van der Waals surface area contributed by atoms with Crippen molar-refractivity contribution in [1.29, 1.82) is 0 Å². The first-order valence-corrected chi connectivity index (χ1v) is 12.4. The summed E-state index contributed by atoms with van der Waals surface area (Å²) < 4.78 is 28.3. The van der Waals surface area contributed by atoms with Crippen LogP contribution in [0.15, 0.2) is 0 Å². The molecule has 0 spiro atoms. The highest BCUT2D eigenvalue weighted by molar-refractivity contribution is 6.02. The van der Waals surface area contributed by atoms with Crippen molar-refractivity contribution in [1.82, 2.24) is 0 Å². The van der Waals surface area contributed by atoms with Gasteiger partial charge in [0.2, 0.25) is 0 Å². The van der Waals surface area contributed by atoms with Crippen LogP contribution in [0.1, 0.15) is 67.7 Å². The van der Waals surface area contributed by atoms with Crippen molar-refractivity contribution in [3.05, 3.63) is 0 Å². The number of fused-ring (bicyclic) bond motifs is 3. The van der Waals surface area contributed by atoms with Gasteiger partial charge in [0.15, 0.2) is 5.78 Å². The molecule has 9 atom stereocenters. The number of ketones is 1. The highest BCUT2D eigenvalue weighted by atomic mass is 16.6. The lowest BCUT2D eigenvalue weighted by Crippen LogP contribution is -2.73. The maximum absolute atomic E-state index is 14.1. The molecule has 0 aromatic rings. The Labute approximate surface area is 211 Å². The second-order valence-corrected chi connectivity index (χ2v) is 11.2. The van der Waals surface area contributed by atoms with Crippen LogP contribution >= 0.6 is 0 Å². The third kappa shape index (κ3) is 4.53. The lowest BCUT2D eigenvalue weighted by Gasteiger charge is -2.66. The molecule has 0 radical (unpaired) electrons. The van der Waals surface area contributed by atoms with Gasteiger partial charge in [-0.3, -0.25) is 24.0 Å². The molecule has 4 unspecified atom stereocenters. The fraction of sp³-hybridized carbons (Fsp3) is 0.808. The highest BCUT2D eigenvalue weighted by Gasteiger charge is 2.71. The standard InChI is InChI=1S/C26H38O10/c1-13-20(23(31)32-8)21(30)22-24(5)10-9-18(34-15(3)28)25(6,12-33-14(2)27)17(24)11-19(35-16(4)29)26(22,7)36-13/h13,17-20,22H,9-12H2,1-8H3/t13?,17?,18-,19-,20?,22?,24-,25-,26+/m0/s1. The number of carbonyl (C=O) groups excluding carboxylic acids is 5. The zero-order valence-electron chi connectivity index (χ0n) is 22.4. The van der Waals surface area contributed by atoms with E-state index in [2.05, 4.69) is 0 Å². The number of hydrogen-bond donors (Lipinski definition) is 0. The minimum absolute atomic E-state index is 0.0529. The van der Waals surface area contributed by atoms with Crippen LogP contribution in [0.3, 0.4) is 0 Å². The SMILES string of the molecule is COC(=O)C1C(=O)C2[C@@]3(C)CC[C@H](OC(C)=O)[C@@](C)(COC(C)=O)C3C[C@H](OC(C)=O)[C@@]2(C)OC1C. The van der Waals surface area contributed by atoms with Gasteiger partial charge < -0.3 is 23.7 Å². The highest BCUT2D eigenvalue weighted by Crippen LogP contribution is 2.65. The van der Waals surface area contributed by atoms with Crippen molar-refractivity contribution in [2.75, 3.05) is 13.7 Å². The monoisotopic (exact) mass is 510 g/mol. The third-order valence-corrected chi connectivity index (χ3v) is 8.75. The van der Waals surface area contributed by atoms with E-state index in [4.69, 9.17) is 23.7 Å². The molecule has 3 aliphatic rings. The lowest BCUT2D eigenvalue weighted by molar-refractivity contribution is -0.286. The van der Waals surface area contributed by atoms with Gasteiger partial charge in [-0.05, 0) is 44.4 Å². The molecule has 0 N–H and O–H groups in total. The molecule has 0 aromatic heterocycles. The second-order valence-electron chi connectivity index (χ2n) is 11.2. The Kier molecular flexibility index (Phi) is 7.61. The molecule has 10 nitrogen and oxygen atoms in total. The van der Waals surface area contributed by atoms with Gasteiger partial charge in [-0.25, -0.2) is 0 Å². The van der Waals surface area contributed by atoms with E-state index in [1.807, 2.05) is 13.8 Å². The fourth-order valence-electron chi connectivity index (χ4n) is 7.37. The maximum Gasteiger partial charge on any atom is 0.318 e. The number of carbonyl (C=O) groups is 5. The van der Waals surface area contributed by atoms with E-state index in [0.717, 1.165) is 0 Å². The molecule has 0 amide bonds. The predicted octanol–water partition coefficient (Wildman–Crippen LogP) is 2.39. The van der Waals surface area contributed by atoms with Gasteiger partial charge in [0.1, 0.15) is 30.3 Å². The molecular formula is C26H38O10. The summed E-state index contributed by atoms with van der Waals surface area (Å²) in [7, 11) is 1.23. The van der Waals surface area contributed by atoms with E-state index >= 15 is 0 Å². The molecule has 3 rings (SSSR count). The Hall–Kier alpha value is -2.49. The lowest BCUT2D eigenvalue weighted by atomic mass is 9.42. The molecule has 0 aromatic carbocycles. The van der Waals surface area contributed by atoms with Crippen LogP contribution in [-0.2, 0) is 47.7 Å². The Bertz CT molecular complexity index is 945. The maximum atomic E-state index is 14.1. The molecule has 3 fully saturated rings. The van der Waals surface area contributed by atoms with E-state index in [1.54, 1.807) is 13.8 Å². The van der Waals surface area contributed by atoms with Crippen LogP contribution in [0.5, 0.6) is 0 Å². The minimum Gasteiger partial charge on any atom is -0.468 e. The zero-order chi connectivity index (χ0) is 27.2. The number of methoxy groups -OCH3 is 1. The van der Waals surface area contributed by atoms with E-state index in [1.165, 1.54) is 27.9 Å². The molecule has 202 valence electrons. The van der Waals surface area contributed by atoms with Gasteiger partial charge in [-0.1, -0.05) is 13.8 Å². The summed E-state index contributed by atoms with van der Waals surface area (Å²) in [6.07, 6.45) is -1.01. The Balaban J connectivity index is 2.18. The molecule has 2 aliphatic carbocycles. The molecular weight excluding hydrogens is 472 g/mol. The van der Waals surface area contributed by atoms with Crippen molar-refractivity contribution in [3.63, 3.8) is 0 Å². The van der Waals surface area contributed by atoms with Gasteiger partial charge in [0.25, 0.3) is 0 Å². The number of Topliss-reactive ketones (excluding diaryl/α,β-unsaturated/α-hetero) is 1. The van der Waals surface area contributed by atoms with Crippen LogP contribution in [0.4, 0.5) is 0 Å². The van der Waals surface area contributed by atoms with Gasteiger partial charge in [0.05, 0.1) is 19.1 Å². The van der Waals surface area contributed by atoms with Crippen molar-refractivity contribution < 1.29 is 47.7 Å². The summed E-state index contributed by atoms with van der Waals surface area (Å²) >= 11 is 0.